The van der Waals surface area contributed by atoms with E-state index in [2.05, 4.69) is 11.2 Å². The Morgan fingerprint density at radius 2 is 1.54 bits per heavy atom. The Balaban J connectivity index is 1.48. The standard InChI is InChI=1S/C64H94N4O16/c1-18-31-80-52-33-46(83-63-59(82-43(12)69)41(10)40(9)58(84-63)62(75)79-17)29-28-45(52)36-81-64(76)67(14)55(38(6)7)51(71)34-47(37(4)5)61(74)66(13)56(39(8)19-2)53(77-15)35-54(72)68-30-24-27-49(68)57(78-16)42(11)60(73)65-48(50(70)20-3)32-44-25-22-21-23-26-44/h1,21-23,25-26,28-29,33,37-42,47-49,53,55-59,63H,19-20,24,27,30-32,34-36H2,2-17H3,(H,65,73)/t39?,40-,41-,42+,47-,48?,49-,53+,55-,56-,57+,58-,59+,63?/m0/s1. The van der Waals surface area contributed by atoms with Gasteiger partial charge in [0.05, 0.1) is 55.8 Å². The van der Waals surface area contributed by atoms with Crippen molar-refractivity contribution < 1.29 is 76.3 Å². The number of carbonyl (C=O) groups is 8. The summed E-state index contributed by atoms with van der Waals surface area (Å²) in [6, 6.07) is 11.4. The van der Waals surface area contributed by atoms with Gasteiger partial charge in [-0.2, -0.15) is 0 Å². The summed E-state index contributed by atoms with van der Waals surface area (Å²) in [6.07, 6.45) is 2.44. The molecular formula is C64H94N4O16. The number of amides is 4. The lowest BCUT2D eigenvalue weighted by atomic mass is 9.83. The number of rotatable bonds is 31. The van der Waals surface area contributed by atoms with Crippen LogP contribution in [0.3, 0.4) is 0 Å². The zero-order valence-corrected chi connectivity index (χ0v) is 52.4. The fourth-order valence-electron chi connectivity index (χ4n) is 11.7. The molecule has 2 heterocycles. The fourth-order valence-corrected chi connectivity index (χ4v) is 11.7. The summed E-state index contributed by atoms with van der Waals surface area (Å²) in [5.41, 5.74) is 1.32. The molecule has 4 rings (SSSR count). The number of methoxy groups -OCH3 is 3. The third-order valence-corrected chi connectivity index (χ3v) is 16.9. The van der Waals surface area contributed by atoms with Gasteiger partial charge < -0.3 is 57.9 Å². The van der Waals surface area contributed by atoms with Gasteiger partial charge in [-0.25, -0.2) is 9.59 Å². The van der Waals surface area contributed by atoms with Crippen LogP contribution in [0, 0.1) is 53.8 Å². The maximum Gasteiger partial charge on any atom is 0.410 e. The topological polar surface area (TPSA) is 232 Å². The third-order valence-electron chi connectivity index (χ3n) is 16.9. The molecule has 4 amide bonds. The highest BCUT2D eigenvalue weighted by Gasteiger charge is 2.49. The summed E-state index contributed by atoms with van der Waals surface area (Å²) in [7, 11) is 7.43. The maximum absolute atomic E-state index is 14.9. The van der Waals surface area contributed by atoms with Gasteiger partial charge in [0, 0.05) is 78.1 Å². The van der Waals surface area contributed by atoms with E-state index in [1.807, 2.05) is 65.0 Å². The van der Waals surface area contributed by atoms with Crippen LogP contribution in [-0.2, 0) is 75.0 Å². The van der Waals surface area contributed by atoms with E-state index >= 15 is 0 Å². The van der Waals surface area contributed by atoms with E-state index in [-0.39, 0.29) is 96.9 Å². The van der Waals surface area contributed by atoms with E-state index in [0.717, 1.165) is 5.56 Å². The van der Waals surface area contributed by atoms with Crippen LogP contribution < -0.4 is 14.8 Å². The molecule has 0 spiro atoms. The Labute approximate surface area is 497 Å². The molecule has 2 aromatic rings. The van der Waals surface area contributed by atoms with Gasteiger partial charge in [-0.1, -0.05) is 112 Å². The molecule has 2 aromatic carbocycles. The summed E-state index contributed by atoms with van der Waals surface area (Å²) in [5.74, 6) is -2.83. The maximum atomic E-state index is 14.9. The minimum Gasteiger partial charge on any atom is -0.480 e. The molecule has 0 aromatic heterocycles. The third kappa shape index (κ3) is 18.2. The molecule has 2 aliphatic rings. The molecule has 3 unspecified atom stereocenters. The first kappa shape index (κ1) is 69.9. The number of esters is 2. The quantitative estimate of drug-likeness (QED) is 0.0434. The minimum atomic E-state index is -1.22. The summed E-state index contributed by atoms with van der Waals surface area (Å²) in [6.45, 7) is 19.7. The Morgan fingerprint density at radius 1 is 0.857 bits per heavy atom. The number of ether oxygens (including phenoxy) is 8. The van der Waals surface area contributed by atoms with Crippen molar-refractivity contribution in [1.82, 2.24) is 20.0 Å². The number of hydrogen-bond donors (Lipinski definition) is 1. The summed E-state index contributed by atoms with van der Waals surface area (Å²) >= 11 is 0. The highest BCUT2D eigenvalue weighted by atomic mass is 16.7. The molecule has 1 N–H and O–H groups in total. The number of nitrogens with one attached hydrogen (secondary N) is 1. The van der Waals surface area contributed by atoms with Crippen LogP contribution in [0.2, 0.25) is 0 Å². The molecule has 2 aliphatic heterocycles. The Hall–Kier alpha value is -6.56. The average molecular weight is 1180 g/mol. The Bertz CT molecular complexity index is 2570. The van der Waals surface area contributed by atoms with Crippen molar-refractivity contribution in [3.8, 4) is 23.8 Å². The highest BCUT2D eigenvalue weighted by molar-refractivity contribution is 5.92. The second-order valence-electron chi connectivity index (χ2n) is 23.2. The molecule has 466 valence electrons. The Morgan fingerprint density at radius 3 is 2.11 bits per heavy atom. The van der Waals surface area contributed by atoms with Crippen LogP contribution in [0.15, 0.2) is 48.5 Å². The molecule has 14 atom stereocenters. The molecular weight excluding hydrogens is 1080 g/mol. The molecule has 20 heteroatoms. The van der Waals surface area contributed by atoms with E-state index in [4.69, 9.17) is 44.3 Å². The first-order valence-electron chi connectivity index (χ1n) is 29.5. The largest absolute Gasteiger partial charge is 0.480 e. The fraction of sp³-hybridized carbons (Fsp3) is 0.656. The van der Waals surface area contributed by atoms with E-state index in [1.54, 1.807) is 63.6 Å². The van der Waals surface area contributed by atoms with Crippen LogP contribution >= 0.6 is 0 Å². The minimum absolute atomic E-state index is 0.0745. The smallest absolute Gasteiger partial charge is 0.410 e. The zero-order valence-electron chi connectivity index (χ0n) is 52.4. The second-order valence-corrected chi connectivity index (χ2v) is 23.2. The number of carbonyl (C=O) groups excluding carboxylic acids is 8. The number of ketones is 2. The number of Topliss-reactive ketones (excluding diaryl/α,β-unsaturated/α-hetero) is 2. The number of benzene rings is 2. The van der Waals surface area contributed by atoms with Gasteiger partial charge in [-0.15, -0.1) is 6.42 Å². The van der Waals surface area contributed by atoms with Crippen molar-refractivity contribution in [2.45, 2.75) is 183 Å². The molecule has 84 heavy (non-hydrogen) atoms. The summed E-state index contributed by atoms with van der Waals surface area (Å²) < 4.78 is 46.6. The zero-order chi connectivity index (χ0) is 62.7. The van der Waals surface area contributed by atoms with Gasteiger partial charge in [0.25, 0.3) is 0 Å². The van der Waals surface area contributed by atoms with Gasteiger partial charge in [-0.05, 0) is 60.6 Å². The van der Waals surface area contributed by atoms with Crippen LogP contribution in [-0.4, -0.2) is 165 Å². The molecule has 0 saturated carbocycles. The lowest BCUT2D eigenvalue weighted by Crippen LogP contribution is -2.55. The monoisotopic (exact) mass is 1170 g/mol. The number of terminal acetylenes is 1. The van der Waals surface area contributed by atoms with Crippen molar-refractivity contribution in [2.75, 3.05) is 48.6 Å². The normalized spacial score (nSPS) is 21.5. The molecule has 20 nitrogen and oxygen atoms in total. The van der Waals surface area contributed by atoms with Crippen molar-refractivity contribution >= 4 is 47.3 Å². The van der Waals surface area contributed by atoms with Gasteiger partial charge in [0.2, 0.25) is 24.0 Å². The van der Waals surface area contributed by atoms with Crippen molar-refractivity contribution in [1.29, 1.82) is 0 Å². The van der Waals surface area contributed by atoms with Gasteiger partial charge >= 0.3 is 18.0 Å². The van der Waals surface area contributed by atoms with Crippen LogP contribution in [0.1, 0.15) is 126 Å². The summed E-state index contributed by atoms with van der Waals surface area (Å²) in [4.78, 5) is 114. The number of likely N-dealkylation sites (N-methyl/N-ethyl adjacent to an activating group) is 2. The van der Waals surface area contributed by atoms with Crippen molar-refractivity contribution in [3.63, 3.8) is 0 Å². The number of nitrogens with zero attached hydrogens (tertiary/aromatic N) is 3. The van der Waals surface area contributed by atoms with E-state index in [9.17, 15) is 38.4 Å². The lowest BCUT2D eigenvalue weighted by molar-refractivity contribution is -0.248. The van der Waals surface area contributed by atoms with Gasteiger partial charge in [0.1, 0.15) is 24.7 Å². The van der Waals surface area contributed by atoms with Crippen molar-refractivity contribution in [3.05, 3.63) is 59.7 Å². The van der Waals surface area contributed by atoms with Crippen LogP contribution in [0.4, 0.5) is 4.79 Å². The van der Waals surface area contributed by atoms with Gasteiger partial charge in [0.15, 0.2) is 23.8 Å². The first-order chi connectivity index (χ1) is 39.8. The Kier molecular flexibility index (Phi) is 27.7. The second kappa shape index (κ2) is 33.2. The summed E-state index contributed by atoms with van der Waals surface area (Å²) in [5, 5.41) is 2.98. The van der Waals surface area contributed by atoms with E-state index in [0.29, 0.717) is 37.8 Å². The van der Waals surface area contributed by atoms with E-state index < -0.39 is 90.7 Å². The lowest BCUT2D eigenvalue weighted by Gasteiger charge is -2.42. The first-order valence-corrected chi connectivity index (χ1v) is 29.5. The average Bonchev–Trinajstić information content (AvgIpc) is 2.71. The highest BCUT2D eigenvalue weighted by Crippen LogP contribution is 2.37. The predicted molar refractivity (Wildman–Crippen MR) is 314 cm³/mol. The SMILES string of the molecule is C#CCOc1cc(OC2O[C@H](C(=O)OC)[C@@H](C)[C@H](C)[C@H]2OC(C)=O)ccc1COC(=O)N(C)[C@H](C(=O)C[C@H](C(=O)N(C)[C@@H](C(C)CC)[C@@H](CC(=O)N1CCC[C@H]1[C@H](OC)[C@@H](C)C(=O)NC(Cc1ccccc1)C(=O)CC)OC)C(C)C)C(C)C. The molecule has 2 fully saturated rings. The molecule has 0 aliphatic carbocycles. The van der Waals surface area contributed by atoms with Crippen LogP contribution in [0.25, 0.3) is 0 Å². The van der Waals surface area contributed by atoms with Gasteiger partial charge in [-0.3, -0.25) is 28.8 Å². The van der Waals surface area contributed by atoms with Crippen LogP contribution in [0.5, 0.6) is 11.5 Å². The molecule has 0 radical (unpaired) electrons. The number of likely N-dealkylation sites (tertiary alicyclic amines) is 1. The molecule has 2 saturated heterocycles. The number of hydrogen-bond acceptors (Lipinski definition) is 16. The van der Waals surface area contributed by atoms with Crippen molar-refractivity contribution in [2.24, 2.45) is 41.4 Å². The van der Waals surface area contributed by atoms with E-state index in [1.165, 1.54) is 46.3 Å². The predicted octanol–water partition coefficient (Wildman–Crippen LogP) is 7.63. The molecule has 0 bridgehead atoms.